The van der Waals surface area contributed by atoms with Gasteiger partial charge in [-0.15, -0.1) is 0 Å². The molecule has 1 aromatic rings. The van der Waals surface area contributed by atoms with Gasteiger partial charge in [-0.1, -0.05) is 19.3 Å². The van der Waals surface area contributed by atoms with Gasteiger partial charge in [0.05, 0.1) is 11.4 Å². The summed E-state index contributed by atoms with van der Waals surface area (Å²) in [6.45, 7) is 0. The molecule has 1 aromatic heterocycles. The number of nitrogens with zero attached hydrogens (tertiary/aromatic N) is 1. The van der Waals surface area contributed by atoms with Crippen LogP contribution >= 0.6 is 0 Å². The van der Waals surface area contributed by atoms with Crippen molar-refractivity contribution in [1.82, 2.24) is 4.98 Å². The molecule has 0 saturated heterocycles. The molecule has 100 valence electrons. The summed E-state index contributed by atoms with van der Waals surface area (Å²) < 4.78 is 26.5. The van der Waals surface area contributed by atoms with E-state index < -0.39 is 10.0 Å². The lowest BCUT2D eigenvalue weighted by atomic mass is 9.91. The minimum Gasteiger partial charge on any atom is -0.396 e. The molecule has 0 aromatic carbocycles. The molecule has 6 heteroatoms. The predicted octanol–water partition coefficient (Wildman–Crippen LogP) is 1.99. The van der Waals surface area contributed by atoms with E-state index in [1.807, 2.05) is 0 Å². The average Bonchev–Trinajstić information content (AvgIpc) is 2.32. The van der Waals surface area contributed by atoms with E-state index in [0.29, 0.717) is 5.69 Å². The smallest absolute Gasteiger partial charge is 0.234 e. The number of nitrogens with two attached hydrogens (primary N) is 1. The molecule has 2 rings (SSSR count). The third-order valence-electron chi connectivity index (χ3n) is 3.27. The molecule has 0 unspecified atom stereocenters. The van der Waals surface area contributed by atoms with Crippen molar-refractivity contribution in [2.45, 2.75) is 32.1 Å². The first-order chi connectivity index (χ1) is 8.57. The van der Waals surface area contributed by atoms with Crippen LogP contribution in [0.2, 0.25) is 0 Å². The Hall–Kier alpha value is -1.30. The zero-order chi connectivity index (χ0) is 13.0. The Morgan fingerprint density at radius 1 is 1.33 bits per heavy atom. The van der Waals surface area contributed by atoms with Gasteiger partial charge in [0.2, 0.25) is 10.0 Å². The number of hydrogen-bond donors (Lipinski definition) is 2. The number of nitrogen functional groups attached to an aromatic ring is 1. The Kier molecular flexibility index (Phi) is 4.06. The molecular formula is C12H19N3O2S. The fourth-order valence-corrected chi connectivity index (χ4v) is 3.86. The van der Waals surface area contributed by atoms with Crippen molar-refractivity contribution in [3.8, 4) is 0 Å². The number of sulfonamides is 1. The first kappa shape index (κ1) is 13.1. The standard InChI is InChI=1S/C12H19N3O2S/c13-11-7-4-8-14-12(11)15-18(16,17)9-10-5-2-1-3-6-10/h4,7-8,10H,1-3,5-6,9,13H2,(H,14,15). The van der Waals surface area contributed by atoms with Gasteiger partial charge in [0.15, 0.2) is 5.82 Å². The largest absolute Gasteiger partial charge is 0.396 e. The highest BCUT2D eigenvalue weighted by molar-refractivity contribution is 7.92. The van der Waals surface area contributed by atoms with Crippen LogP contribution < -0.4 is 10.5 Å². The molecule has 3 N–H and O–H groups in total. The molecule has 1 aliphatic rings. The van der Waals surface area contributed by atoms with Gasteiger partial charge in [0, 0.05) is 6.20 Å². The van der Waals surface area contributed by atoms with E-state index in [1.54, 1.807) is 12.1 Å². The van der Waals surface area contributed by atoms with Crippen LogP contribution in [-0.4, -0.2) is 19.2 Å². The third-order valence-corrected chi connectivity index (χ3v) is 4.69. The van der Waals surface area contributed by atoms with Gasteiger partial charge in [-0.2, -0.15) is 0 Å². The highest BCUT2D eigenvalue weighted by Gasteiger charge is 2.22. The molecule has 0 atom stereocenters. The normalized spacial score (nSPS) is 17.6. The minimum absolute atomic E-state index is 0.170. The summed E-state index contributed by atoms with van der Waals surface area (Å²) in [7, 11) is -3.35. The first-order valence-corrected chi connectivity index (χ1v) is 7.93. The maximum atomic E-state index is 12.0. The van der Waals surface area contributed by atoms with Crippen LogP contribution in [-0.2, 0) is 10.0 Å². The zero-order valence-corrected chi connectivity index (χ0v) is 11.1. The quantitative estimate of drug-likeness (QED) is 0.875. The number of aromatic nitrogens is 1. The van der Waals surface area contributed by atoms with Crippen molar-refractivity contribution in [3.63, 3.8) is 0 Å². The second kappa shape index (κ2) is 5.56. The molecule has 0 aliphatic heterocycles. The number of pyridine rings is 1. The van der Waals surface area contributed by atoms with Gasteiger partial charge in [-0.3, -0.25) is 4.72 Å². The summed E-state index contributed by atoms with van der Waals surface area (Å²) in [5, 5.41) is 0. The van der Waals surface area contributed by atoms with E-state index in [1.165, 1.54) is 12.6 Å². The lowest BCUT2D eigenvalue weighted by molar-refractivity contribution is 0.385. The second-order valence-corrected chi connectivity index (χ2v) is 6.60. The van der Waals surface area contributed by atoms with Crippen LogP contribution in [0.15, 0.2) is 18.3 Å². The minimum atomic E-state index is -3.35. The monoisotopic (exact) mass is 269 g/mol. The predicted molar refractivity (Wildman–Crippen MR) is 72.6 cm³/mol. The summed E-state index contributed by atoms with van der Waals surface area (Å²) in [4.78, 5) is 3.94. The van der Waals surface area contributed by atoms with Crippen LogP contribution in [0.1, 0.15) is 32.1 Å². The molecule has 1 aliphatic carbocycles. The number of rotatable bonds is 4. The lowest BCUT2D eigenvalue weighted by Crippen LogP contribution is -2.25. The maximum absolute atomic E-state index is 12.0. The second-order valence-electron chi connectivity index (χ2n) is 4.83. The molecule has 0 amide bonds. The Bertz CT molecular complexity index is 496. The van der Waals surface area contributed by atoms with Crippen LogP contribution in [0.5, 0.6) is 0 Å². The topological polar surface area (TPSA) is 85.1 Å². The van der Waals surface area contributed by atoms with Gasteiger partial charge in [-0.25, -0.2) is 13.4 Å². The van der Waals surface area contributed by atoms with Crippen LogP contribution in [0.25, 0.3) is 0 Å². The highest BCUT2D eigenvalue weighted by Crippen LogP contribution is 2.25. The Morgan fingerprint density at radius 2 is 2.06 bits per heavy atom. The number of nitrogens with one attached hydrogen (secondary N) is 1. The summed E-state index contributed by atoms with van der Waals surface area (Å²) in [5.41, 5.74) is 6.02. The molecule has 0 spiro atoms. The van der Waals surface area contributed by atoms with E-state index in [9.17, 15) is 8.42 Å². The highest BCUT2D eigenvalue weighted by atomic mass is 32.2. The van der Waals surface area contributed by atoms with Crippen molar-refractivity contribution in [2.24, 2.45) is 5.92 Å². The lowest BCUT2D eigenvalue weighted by Gasteiger charge is -2.21. The summed E-state index contributed by atoms with van der Waals surface area (Å²) >= 11 is 0. The summed E-state index contributed by atoms with van der Waals surface area (Å²) in [6, 6.07) is 3.31. The molecule has 1 fully saturated rings. The van der Waals surface area contributed by atoms with E-state index in [0.717, 1.165) is 25.7 Å². The Balaban J connectivity index is 2.01. The summed E-state index contributed by atoms with van der Waals surface area (Å²) in [5.74, 6) is 0.665. The molecule has 5 nitrogen and oxygen atoms in total. The van der Waals surface area contributed by atoms with E-state index >= 15 is 0 Å². The van der Waals surface area contributed by atoms with Gasteiger partial charge < -0.3 is 5.73 Å². The summed E-state index contributed by atoms with van der Waals surface area (Å²) in [6.07, 6.45) is 7.00. The maximum Gasteiger partial charge on any atom is 0.234 e. The van der Waals surface area contributed by atoms with E-state index in [4.69, 9.17) is 5.73 Å². The van der Waals surface area contributed by atoms with Gasteiger partial charge >= 0.3 is 0 Å². The fourth-order valence-electron chi connectivity index (χ4n) is 2.36. The molecule has 1 saturated carbocycles. The van der Waals surface area contributed by atoms with Crippen LogP contribution in [0.4, 0.5) is 11.5 Å². The molecule has 1 heterocycles. The molecular weight excluding hydrogens is 250 g/mol. The van der Waals surface area contributed by atoms with Crippen LogP contribution in [0, 0.1) is 5.92 Å². The molecule has 18 heavy (non-hydrogen) atoms. The Morgan fingerprint density at radius 3 is 2.72 bits per heavy atom. The Labute approximate surface area is 108 Å². The average molecular weight is 269 g/mol. The van der Waals surface area contributed by atoms with Gasteiger partial charge in [0.1, 0.15) is 0 Å². The van der Waals surface area contributed by atoms with Crippen molar-refractivity contribution in [3.05, 3.63) is 18.3 Å². The van der Waals surface area contributed by atoms with Crippen molar-refractivity contribution >= 4 is 21.5 Å². The van der Waals surface area contributed by atoms with Crippen molar-refractivity contribution in [1.29, 1.82) is 0 Å². The van der Waals surface area contributed by atoms with Gasteiger partial charge in [0.25, 0.3) is 0 Å². The number of anilines is 2. The van der Waals surface area contributed by atoms with Gasteiger partial charge in [-0.05, 0) is 30.9 Å². The SMILES string of the molecule is Nc1cccnc1NS(=O)(=O)CC1CCCCC1. The zero-order valence-electron chi connectivity index (χ0n) is 10.3. The fraction of sp³-hybridized carbons (Fsp3) is 0.583. The molecule has 0 radical (unpaired) electrons. The van der Waals surface area contributed by atoms with E-state index in [-0.39, 0.29) is 17.5 Å². The van der Waals surface area contributed by atoms with Crippen molar-refractivity contribution < 1.29 is 8.42 Å². The van der Waals surface area contributed by atoms with Crippen molar-refractivity contribution in [2.75, 3.05) is 16.2 Å². The first-order valence-electron chi connectivity index (χ1n) is 6.28. The number of hydrogen-bond acceptors (Lipinski definition) is 4. The van der Waals surface area contributed by atoms with Crippen LogP contribution in [0.3, 0.4) is 0 Å². The third kappa shape index (κ3) is 3.60. The molecule has 0 bridgehead atoms. The van der Waals surface area contributed by atoms with E-state index in [2.05, 4.69) is 9.71 Å².